The molecule has 1 aromatic carbocycles. The van der Waals surface area contributed by atoms with Gasteiger partial charge >= 0.3 is 0 Å². The molecule has 0 bridgehead atoms. The van der Waals surface area contributed by atoms with Gasteiger partial charge in [-0.05, 0) is 35.8 Å². The smallest absolute Gasteiger partial charge is 0.169 e. The maximum Gasteiger partial charge on any atom is 0.169 e. The van der Waals surface area contributed by atoms with E-state index in [0.717, 1.165) is 12.1 Å². The van der Waals surface area contributed by atoms with Gasteiger partial charge in [0.1, 0.15) is 5.82 Å². The third-order valence-electron chi connectivity index (χ3n) is 1.92. The van der Waals surface area contributed by atoms with Crippen molar-refractivity contribution in [3.63, 3.8) is 0 Å². The number of rotatable bonds is 4. The SMILES string of the molecule is CC(C)(O)CCOc1c(F)cc(F)cc1Br. The predicted octanol–water partition coefficient (Wildman–Crippen LogP) is 3.27. The Morgan fingerprint density at radius 3 is 2.50 bits per heavy atom. The molecule has 0 amide bonds. The maximum absolute atomic E-state index is 13.3. The summed E-state index contributed by atoms with van der Waals surface area (Å²) in [6.45, 7) is 3.42. The largest absolute Gasteiger partial charge is 0.489 e. The van der Waals surface area contributed by atoms with E-state index >= 15 is 0 Å². The van der Waals surface area contributed by atoms with Gasteiger partial charge in [0.15, 0.2) is 11.6 Å². The molecule has 1 N–H and O–H groups in total. The molecule has 0 spiro atoms. The van der Waals surface area contributed by atoms with Crippen LogP contribution < -0.4 is 4.74 Å². The van der Waals surface area contributed by atoms with E-state index in [-0.39, 0.29) is 16.8 Å². The van der Waals surface area contributed by atoms with E-state index in [1.165, 1.54) is 0 Å². The monoisotopic (exact) mass is 294 g/mol. The van der Waals surface area contributed by atoms with Crippen LogP contribution >= 0.6 is 15.9 Å². The number of hydrogen-bond acceptors (Lipinski definition) is 2. The number of hydrogen-bond donors (Lipinski definition) is 1. The highest BCUT2D eigenvalue weighted by molar-refractivity contribution is 9.10. The van der Waals surface area contributed by atoms with Crippen LogP contribution in [-0.4, -0.2) is 17.3 Å². The number of aliphatic hydroxyl groups is 1. The average molecular weight is 295 g/mol. The molecule has 90 valence electrons. The Kier molecular flexibility index (Phi) is 4.27. The molecule has 0 aliphatic carbocycles. The van der Waals surface area contributed by atoms with Crippen molar-refractivity contribution >= 4 is 15.9 Å². The van der Waals surface area contributed by atoms with Gasteiger partial charge in [0, 0.05) is 12.5 Å². The van der Waals surface area contributed by atoms with Gasteiger partial charge in [-0.2, -0.15) is 0 Å². The van der Waals surface area contributed by atoms with E-state index in [1.807, 2.05) is 0 Å². The van der Waals surface area contributed by atoms with Crippen LogP contribution in [0.15, 0.2) is 16.6 Å². The number of ether oxygens (including phenoxy) is 1. The molecule has 0 fully saturated rings. The highest BCUT2D eigenvalue weighted by Gasteiger charge is 2.15. The Labute approximate surface area is 101 Å². The third-order valence-corrected chi connectivity index (χ3v) is 2.51. The van der Waals surface area contributed by atoms with Gasteiger partial charge in [0.05, 0.1) is 16.7 Å². The Morgan fingerprint density at radius 1 is 1.38 bits per heavy atom. The lowest BCUT2D eigenvalue weighted by molar-refractivity contribution is 0.0546. The van der Waals surface area contributed by atoms with E-state index in [4.69, 9.17) is 4.74 Å². The summed E-state index contributed by atoms with van der Waals surface area (Å²) >= 11 is 3.01. The van der Waals surface area contributed by atoms with Gasteiger partial charge in [-0.25, -0.2) is 8.78 Å². The lowest BCUT2D eigenvalue weighted by Crippen LogP contribution is -2.22. The first kappa shape index (κ1) is 13.4. The molecule has 0 saturated heterocycles. The topological polar surface area (TPSA) is 29.5 Å². The Balaban J connectivity index is 2.68. The van der Waals surface area contributed by atoms with Gasteiger partial charge in [-0.3, -0.25) is 0 Å². The van der Waals surface area contributed by atoms with E-state index in [1.54, 1.807) is 13.8 Å². The molecule has 0 aliphatic rings. The van der Waals surface area contributed by atoms with Crippen molar-refractivity contribution in [2.24, 2.45) is 0 Å². The van der Waals surface area contributed by atoms with Crippen molar-refractivity contribution in [3.8, 4) is 5.75 Å². The standard InChI is InChI=1S/C11H13BrF2O2/c1-11(2,15)3-4-16-10-8(12)5-7(13)6-9(10)14/h5-6,15H,3-4H2,1-2H3. The lowest BCUT2D eigenvalue weighted by atomic mass is 10.1. The van der Waals surface area contributed by atoms with Gasteiger partial charge in [-0.15, -0.1) is 0 Å². The first-order valence-corrected chi connectivity index (χ1v) is 5.58. The van der Waals surface area contributed by atoms with Gasteiger partial charge < -0.3 is 9.84 Å². The molecule has 1 aromatic rings. The van der Waals surface area contributed by atoms with Crippen molar-refractivity contribution in [1.82, 2.24) is 0 Å². The zero-order valence-electron chi connectivity index (χ0n) is 9.06. The van der Waals surface area contributed by atoms with E-state index in [9.17, 15) is 13.9 Å². The normalized spacial score (nSPS) is 11.6. The molecular formula is C11H13BrF2O2. The molecule has 2 nitrogen and oxygen atoms in total. The first-order chi connectivity index (χ1) is 7.29. The van der Waals surface area contributed by atoms with Crippen LogP contribution in [0.4, 0.5) is 8.78 Å². The summed E-state index contributed by atoms with van der Waals surface area (Å²) in [5, 5.41) is 9.43. The summed E-state index contributed by atoms with van der Waals surface area (Å²) in [5.41, 5.74) is -0.872. The van der Waals surface area contributed by atoms with Crippen molar-refractivity contribution in [3.05, 3.63) is 28.2 Å². The fraction of sp³-hybridized carbons (Fsp3) is 0.455. The summed E-state index contributed by atoms with van der Waals surface area (Å²) in [4.78, 5) is 0. The summed E-state index contributed by atoms with van der Waals surface area (Å²) in [5.74, 6) is -1.47. The third kappa shape index (κ3) is 4.06. The Bertz CT molecular complexity index is 352. The summed E-state index contributed by atoms with van der Waals surface area (Å²) < 4.78 is 31.4. The fourth-order valence-corrected chi connectivity index (χ4v) is 1.59. The van der Waals surface area contributed by atoms with Crippen LogP contribution in [0.2, 0.25) is 0 Å². The minimum atomic E-state index is -0.872. The summed E-state index contributed by atoms with van der Waals surface area (Å²) in [7, 11) is 0. The Hall–Kier alpha value is -0.680. The van der Waals surface area contributed by atoms with Crippen LogP contribution in [0, 0.1) is 11.6 Å². The molecule has 0 heterocycles. The zero-order valence-corrected chi connectivity index (χ0v) is 10.6. The van der Waals surface area contributed by atoms with Crippen LogP contribution in [0.5, 0.6) is 5.75 Å². The first-order valence-electron chi connectivity index (χ1n) is 4.79. The van der Waals surface area contributed by atoms with Crippen molar-refractivity contribution < 1.29 is 18.6 Å². The number of benzene rings is 1. The summed E-state index contributed by atoms with van der Waals surface area (Å²) in [6.07, 6.45) is 0.357. The molecule has 0 atom stereocenters. The second-order valence-electron chi connectivity index (χ2n) is 4.11. The van der Waals surface area contributed by atoms with Crippen molar-refractivity contribution in [2.45, 2.75) is 25.9 Å². The van der Waals surface area contributed by atoms with Gasteiger partial charge in [-0.1, -0.05) is 0 Å². The molecule has 0 unspecified atom stereocenters. The highest BCUT2D eigenvalue weighted by atomic mass is 79.9. The molecule has 0 radical (unpaired) electrons. The molecule has 0 aliphatic heterocycles. The van der Waals surface area contributed by atoms with Crippen LogP contribution in [0.25, 0.3) is 0 Å². The van der Waals surface area contributed by atoms with Gasteiger partial charge in [0.2, 0.25) is 0 Å². The fourth-order valence-electron chi connectivity index (χ4n) is 1.07. The van der Waals surface area contributed by atoms with Crippen molar-refractivity contribution in [1.29, 1.82) is 0 Å². The second-order valence-corrected chi connectivity index (χ2v) is 4.96. The molecule has 5 heteroatoms. The predicted molar refractivity (Wildman–Crippen MR) is 60.5 cm³/mol. The average Bonchev–Trinajstić information content (AvgIpc) is 2.07. The van der Waals surface area contributed by atoms with E-state index in [0.29, 0.717) is 6.42 Å². The maximum atomic E-state index is 13.3. The van der Waals surface area contributed by atoms with Crippen LogP contribution in [0.1, 0.15) is 20.3 Å². The molecule has 1 rings (SSSR count). The minimum absolute atomic E-state index is 0.0364. The molecular weight excluding hydrogens is 282 g/mol. The zero-order chi connectivity index (χ0) is 12.3. The second kappa shape index (κ2) is 5.10. The van der Waals surface area contributed by atoms with Crippen LogP contribution in [-0.2, 0) is 0 Å². The highest BCUT2D eigenvalue weighted by Crippen LogP contribution is 2.29. The molecule has 0 aromatic heterocycles. The minimum Gasteiger partial charge on any atom is -0.489 e. The van der Waals surface area contributed by atoms with Crippen molar-refractivity contribution in [2.75, 3.05) is 6.61 Å². The summed E-state index contributed by atoms with van der Waals surface area (Å²) in [6, 6.07) is 1.88. The van der Waals surface area contributed by atoms with Gasteiger partial charge in [0.25, 0.3) is 0 Å². The molecule has 0 saturated carbocycles. The Morgan fingerprint density at radius 2 is 2.00 bits per heavy atom. The van der Waals surface area contributed by atoms with E-state index in [2.05, 4.69) is 15.9 Å². The quantitative estimate of drug-likeness (QED) is 0.924. The van der Waals surface area contributed by atoms with E-state index < -0.39 is 17.2 Å². The number of halogens is 3. The van der Waals surface area contributed by atoms with Crippen LogP contribution in [0.3, 0.4) is 0 Å². The molecule has 16 heavy (non-hydrogen) atoms. The lowest BCUT2D eigenvalue weighted by Gasteiger charge is -2.17.